The summed E-state index contributed by atoms with van der Waals surface area (Å²) in [5, 5.41) is 2.43. The Labute approximate surface area is 125 Å². The summed E-state index contributed by atoms with van der Waals surface area (Å²) in [5.74, 6) is -0.220. The van der Waals surface area contributed by atoms with Crippen molar-refractivity contribution in [2.24, 2.45) is 11.3 Å². The molecule has 1 saturated heterocycles. The van der Waals surface area contributed by atoms with Gasteiger partial charge in [-0.15, -0.1) is 0 Å². The summed E-state index contributed by atoms with van der Waals surface area (Å²) in [5.41, 5.74) is -0.935. The first-order valence-electron chi connectivity index (χ1n) is 8.29. The second-order valence-electron chi connectivity index (χ2n) is 6.74. The van der Waals surface area contributed by atoms with Gasteiger partial charge in [0.1, 0.15) is 5.41 Å². The highest BCUT2D eigenvalue weighted by Crippen LogP contribution is 2.46. The van der Waals surface area contributed by atoms with Crippen LogP contribution in [0.4, 0.5) is 4.79 Å². The van der Waals surface area contributed by atoms with Crippen LogP contribution < -0.4 is 5.32 Å². The first kappa shape index (κ1) is 14.5. The van der Waals surface area contributed by atoms with Crippen LogP contribution >= 0.6 is 0 Å². The standard InChI is InChI=1S/C16H24N2O3/c1-2-12(11-7-4-3-5-8-11)18-14(20)16(9-6-10-16)13(19)17-15(18)21/h11-12H,2-10H2,1H3,(H,17,19,21). The molecule has 0 bridgehead atoms. The topological polar surface area (TPSA) is 66.5 Å². The predicted molar refractivity (Wildman–Crippen MR) is 77.3 cm³/mol. The number of barbiturate groups is 1. The lowest BCUT2D eigenvalue weighted by molar-refractivity contribution is -0.160. The molecule has 3 rings (SSSR count). The highest BCUT2D eigenvalue weighted by molar-refractivity contribution is 6.19. The molecule has 1 N–H and O–H groups in total. The maximum absolute atomic E-state index is 12.8. The van der Waals surface area contributed by atoms with E-state index >= 15 is 0 Å². The molecular formula is C16H24N2O3. The van der Waals surface area contributed by atoms with E-state index in [2.05, 4.69) is 5.32 Å². The summed E-state index contributed by atoms with van der Waals surface area (Å²) in [7, 11) is 0. The molecule has 5 nitrogen and oxygen atoms in total. The van der Waals surface area contributed by atoms with Crippen molar-refractivity contribution in [1.82, 2.24) is 10.2 Å². The van der Waals surface area contributed by atoms with Crippen molar-refractivity contribution in [3.8, 4) is 0 Å². The van der Waals surface area contributed by atoms with Crippen molar-refractivity contribution in [2.45, 2.75) is 70.8 Å². The molecule has 2 saturated carbocycles. The number of urea groups is 1. The molecule has 4 amide bonds. The zero-order chi connectivity index (χ0) is 15.0. The van der Waals surface area contributed by atoms with Gasteiger partial charge in [-0.25, -0.2) is 4.79 Å². The first-order valence-corrected chi connectivity index (χ1v) is 8.29. The van der Waals surface area contributed by atoms with Crippen LogP contribution in [0.25, 0.3) is 0 Å². The second kappa shape index (κ2) is 5.43. The Kier molecular flexibility index (Phi) is 3.76. The molecule has 1 unspecified atom stereocenters. The minimum absolute atomic E-state index is 0.0524. The number of carbonyl (C=O) groups is 3. The molecule has 0 aromatic carbocycles. The first-order chi connectivity index (χ1) is 10.1. The number of rotatable bonds is 3. The predicted octanol–water partition coefficient (Wildman–Crippen LogP) is 2.59. The van der Waals surface area contributed by atoms with E-state index in [4.69, 9.17) is 0 Å². The molecule has 116 valence electrons. The molecule has 5 heteroatoms. The third kappa shape index (κ3) is 2.17. The van der Waals surface area contributed by atoms with Gasteiger partial charge in [-0.05, 0) is 38.0 Å². The van der Waals surface area contributed by atoms with E-state index < -0.39 is 11.4 Å². The number of nitrogens with zero attached hydrogens (tertiary/aromatic N) is 1. The monoisotopic (exact) mass is 292 g/mol. The summed E-state index contributed by atoms with van der Waals surface area (Å²) in [6.07, 6.45) is 8.59. The number of imide groups is 2. The van der Waals surface area contributed by atoms with Gasteiger partial charge in [-0.1, -0.05) is 32.6 Å². The van der Waals surface area contributed by atoms with Crippen molar-refractivity contribution in [1.29, 1.82) is 0 Å². The Morgan fingerprint density at radius 2 is 1.81 bits per heavy atom. The van der Waals surface area contributed by atoms with Crippen LogP contribution in [0.3, 0.4) is 0 Å². The van der Waals surface area contributed by atoms with E-state index in [-0.39, 0.29) is 17.9 Å². The number of hydrogen-bond donors (Lipinski definition) is 1. The molecule has 1 atom stereocenters. The van der Waals surface area contributed by atoms with Gasteiger partial charge in [-0.3, -0.25) is 19.8 Å². The van der Waals surface area contributed by atoms with E-state index in [0.29, 0.717) is 18.8 Å². The molecule has 0 aromatic heterocycles. The average molecular weight is 292 g/mol. The maximum atomic E-state index is 12.8. The Bertz CT molecular complexity index is 464. The van der Waals surface area contributed by atoms with Crippen LogP contribution in [0.15, 0.2) is 0 Å². The van der Waals surface area contributed by atoms with E-state index in [1.54, 1.807) is 0 Å². The fourth-order valence-corrected chi connectivity index (χ4v) is 4.22. The Morgan fingerprint density at radius 3 is 2.33 bits per heavy atom. The van der Waals surface area contributed by atoms with Crippen LogP contribution in [0, 0.1) is 11.3 Å². The molecule has 2 aliphatic carbocycles. The lowest BCUT2D eigenvalue weighted by atomic mass is 9.65. The van der Waals surface area contributed by atoms with E-state index in [0.717, 1.165) is 25.7 Å². The van der Waals surface area contributed by atoms with Crippen molar-refractivity contribution in [3.05, 3.63) is 0 Å². The van der Waals surface area contributed by atoms with Gasteiger partial charge in [0.25, 0.3) is 0 Å². The molecule has 1 spiro atoms. The van der Waals surface area contributed by atoms with Gasteiger partial charge < -0.3 is 0 Å². The van der Waals surface area contributed by atoms with Crippen molar-refractivity contribution < 1.29 is 14.4 Å². The summed E-state index contributed by atoms with van der Waals surface area (Å²) >= 11 is 0. The van der Waals surface area contributed by atoms with E-state index in [1.165, 1.54) is 24.2 Å². The lowest BCUT2D eigenvalue weighted by Gasteiger charge is -2.48. The maximum Gasteiger partial charge on any atom is 0.331 e. The zero-order valence-electron chi connectivity index (χ0n) is 12.7. The number of carbonyl (C=O) groups excluding carboxylic acids is 3. The second-order valence-corrected chi connectivity index (χ2v) is 6.74. The fourth-order valence-electron chi connectivity index (χ4n) is 4.22. The minimum atomic E-state index is -0.935. The molecule has 0 radical (unpaired) electrons. The zero-order valence-corrected chi connectivity index (χ0v) is 12.7. The summed E-state index contributed by atoms with van der Waals surface area (Å²) < 4.78 is 0. The molecule has 1 heterocycles. The summed E-state index contributed by atoms with van der Waals surface area (Å²) in [6.45, 7) is 2.03. The third-order valence-electron chi connectivity index (χ3n) is 5.65. The van der Waals surface area contributed by atoms with Gasteiger partial charge in [0.05, 0.1) is 0 Å². The van der Waals surface area contributed by atoms with Gasteiger partial charge in [0.15, 0.2) is 0 Å². The van der Waals surface area contributed by atoms with Crippen LogP contribution in [-0.2, 0) is 9.59 Å². The Hall–Kier alpha value is -1.39. The highest BCUT2D eigenvalue weighted by atomic mass is 16.2. The van der Waals surface area contributed by atoms with E-state index in [9.17, 15) is 14.4 Å². The van der Waals surface area contributed by atoms with Gasteiger partial charge in [0, 0.05) is 6.04 Å². The van der Waals surface area contributed by atoms with Gasteiger partial charge >= 0.3 is 6.03 Å². The van der Waals surface area contributed by atoms with Crippen molar-refractivity contribution in [3.63, 3.8) is 0 Å². The summed E-state index contributed by atoms with van der Waals surface area (Å²) in [4.78, 5) is 38.6. The number of nitrogens with one attached hydrogen (secondary N) is 1. The SMILES string of the molecule is CCC(C1CCCCC1)N1C(=O)NC(=O)C2(CCC2)C1=O. The molecule has 21 heavy (non-hydrogen) atoms. The van der Waals surface area contributed by atoms with Crippen LogP contribution in [0.5, 0.6) is 0 Å². The smallest absolute Gasteiger partial charge is 0.277 e. The van der Waals surface area contributed by atoms with Crippen LogP contribution in [0.1, 0.15) is 64.7 Å². The molecule has 3 fully saturated rings. The number of hydrogen-bond acceptors (Lipinski definition) is 3. The minimum Gasteiger partial charge on any atom is -0.277 e. The molecule has 3 aliphatic rings. The number of amides is 4. The van der Waals surface area contributed by atoms with E-state index in [1.807, 2.05) is 6.92 Å². The molecule has 0 aromatic rings. The Morgan fingerprint density at radius 1 is 1.14 bits per heavy atom. The van der Waals surface area contributed by atoms with Crippen molar-refractivity contribution in [2.75, 3.05) is 0 Å². The quantitative estimate of drug-likeness (QED) is 0.813. The fraction of sp³-hybridized carbons (Fsp3) is 0.812. The van der Waals surface area contributed by atoms with Crippen LogP contribution in [-0.4, -0.2) is 28.8 Å². The van der Waals surface area contributed by atoms with Crippen LogP contribution in [0.2, 0.25) is 0 Å². The highest BCUT2D eigenvalue weighted by Gasteiger charge is 2.58. The average Bonchev–Trinajstić information content (AvgIpc) is 2.42. The van der Waals surface area contributed by atoms with Gasteiger partial charge in [0.2, 0.25) is 11.8 Å². The van der Waals surface area contributed by atoms with Gasteiger partial charge in [-0.2, -0.15) is 0 Å². The normalized spacial score (nSPS) is 27.5. The third-order valence-corrected chi connectivity index (χ3v) is 5.65. The molecular weight excluding hydrogens is 268 g/mol. The summed E-state index contributed by atoms with van der Waals surface area (Å²) in [6, 6.07) is -0.552. The lowest BCUT2D eigenvalue weighted by Crippen LogP contribution is -2.68. The largest absolute Gasteiger partial charge is 0.331 e. The van der Waals surface area contributed by atoms with Crippen molar-refractivity contribution >= 4 is 17.8 Å². The Balaban J connectivity index is 1.85. The molecule has 1 aliphatic heterocycles.